The van der Waals surface area contributed by atoms with Gasteiger partial charge in [0.1, 0.15) is 11.6 Å². The van der Waals surface area contributed by atoms with Gasteiger partial charge in [0, 0.05) is 25.0 Å². The van der Waals surface area contributed by atoms with E-state index in [9.17, 15) is 17.6 Å². The molecule has 1 unspecified atom stereocenters. The van der Waals surface area contributed by atoms with Gasteiger partial charge < -0.3 is 10.1 Å². The second-order valence-electron chi connectivity index (χ2n) is 7.47. The van der Waals surface area contributed by atoms with Crippen molar-refractivity contribution in [2.45, 2.75) is 24.7 Å². The van der Waals surface area contributed by atoms with Gasteiger partial charge in [0.05, 0.1) is 12.7 Å². The highest BCUT2D eigenvalue weighted by atomic mass is 32.2. The Kier molecular flexibility index (Phi) is 6.74. The van der Waals surface area contributed by atoms with Crippen molar-refractivity contribution in [2.24, 2.45) is 5.14 Å². The van der Waals surface area contributed by atoms with Crippen LogP contribution < -0.4 is 15.2 Å². The number of para-hydroxylation sites is 1. The van der Waals surface area contributed by atoms with Gasteiger partial charge in [0.2, 0.25) is 0 Å². The normalized spacial score (nSPS) is 20.4. The molecule has 0 aromatic heterocycles. The first-order valence-corrected chi connectivity index (χ1v) is 11.2. The summed E-state index contributed by atoms with van der Waals surface area (Å²) in [7, 11) is -2.32. The lowest BCUT2D eigenvalue weighted by atomic mass is 9.74. The van der Waals surface area contributed by atoms with E-state index < -0.39 is 15.6 Å². The molecule has 1 aliphatic heterocycles. The van der Waals surface area contributed by atoms with Crippen LogP contribution in [0.25, 0.3) is 0 Å². The molecule has 3 rings (SSSR count). The zero-order valence-electron chi connectivity index (χ0n) is 16.8. The molecule has 1 heterocycles. The Bertz CT molecular complexity index is 1010. The standard InChI is InChI=1S/C21H26FN3O4S/c1-29-19-9-3-2-8-18(19)20(26)24-15-21(16-6-4-7-17(22)14-16)10-5-12-25(13-11-21)30(23,27)28/h2-4,6-9,14H,5,10-13,15H2,1H3,(H,24,26)(H2,23,27,28). The summed E-state index contributed by atoms with van der Waals surface area (Å²) in [5.41, 5.74) is 0.493. The van der Waals surface area contributed by atoms with Gasteiger partial charge in [0.15, 0.2) is 0 Å². The lowest BCUT2D eigenvalue weighted by Gasteiger charge is -2.34. The van der Waals surface area contributed by atoms with Gasteiger partial charge in [-0.15, -0.1) is 0 Å². The van der Waals surface area contributed by atoms with Gasteiger partial charge in [-0.3, -0.25) is 4.79 Å². The highest BCUT2D eigenvalue weighted by molar-refractivity contribution is 7.86. The molecular formula is C21H26FN3O4S. The van der Waals surface area contributed by atoms with Crippen LogP contribution in [0.15, 0.2) is 48.5 Å². The van der Waals surface area contributed by atoms with Crippen molar-refractivity contribution in [2.75, 3.05) is 26.7 Å². The third kappa shape index (κ3) is 4.97. The predicted molar refractivity (Wildman–Crippen MR) is 112 cm³/mol. The van der Waals surface area contributed by atoms with E-state index in [-0.39, 0.29) is 31.4 Å². The number of nitrogens with zero attached hydrogens (tertiary/aromatic N) is 1. The molecule has 1 amide bonds. The topological polar surface area (TPSA) is 102 Å². The summed E-state index contributed by atoms with van der Waals surface area (Å²) in [6.45, 7) is 0.710. The van der Waals surface area contributed by atoms with Gasteiger partial charge in [-0.2, -0.15) is 12.7 Å². The minimum atomic E-state index is -3.82. The van der Waals surface area contributed by atoms with Gasteiger partial charge in [-0.05, 0) is 49.1 Å². The number of carbonyl (C=O) groups excluding carboxylic acids is 1. The summed E-state index contributed by atoms with van der Waals surface area (Å²) in [6, 6.07) is 13.1. The molecule has 0 spiro atoms. The van der Waals surface area contributed by atoms with E-state index in [1.54, 1.807) is 30.3 Å². The molecule has 0 saturated carbocycles. The number of amides is 1. The van der Waals surface area contributed by atoms with Crippen LogP contribution in [0.1, 0.15) is 35.2 Å². The van der Waals surface area contributed by atoms with E-state index in [4.69, 9.17) is 9.88 Å². The number of nitrogens with one attached hydrogen (secondary N) is 1. The molecule has 1 saturated heterocycles. The molecule has 162 valence electrons. The molecule has 1 atom stereocenters. The molecule has 1 fully saturated rings. The minimum Gasteiger partial charge on any atom is -0.496 e. The molecule has 30 heavy (non-hydrogen) atoms. The fraction of sp³-hybridized carbons (Fsp3) is 0.381. The molecule has 0 aliphatic carbocycles. The first kappa shape index (κ1) is 22.2. The number of nitrogens with two attached hydrogens (primary N) is 1. The Morgan fingerprint density at radius 1 is 1.20 bits per heavy atom. The van der Waals surface area contributed by atoms with Gasteiger partial charge in [-0.25, -0.2) is 9.53 Å². The number of halogens is 1. The lowest BCUT2D eigenvalue weighted by molar-refractivity contribution is 0.0937. The molecule has 7 nitrogen and oxygen atoms in total. The Labute approximate surface area is 176 Å². The fourth-order valence-corrected chi connectivity index (χ4v) is 4.72. The maximum absolute atomic E-state index is 14.0. The largest absolute Gasteiger partial charge is 0.496 e. The SMILES string of the molecule is COc1ccccc1C(=O)NCC1(c2cccc(F)c2)CCCN(S(N)(=O)=O)CC1. The minimum absolute atomic E-state index is 0.194. The molecule has 1 aliphatic rings. The molecule has 2 aromatic carbocycles. The van der Waals surface area contributed by atoms with Crippen LogP contribution in [0.5, 0.6) is 5.75 Å². The zero-order chi connectivity index (χ0) is 21.8. The van der Waals surface area contributed by atoms with Gasteiger partial charge in [0.25, 0.3) is 16.1 Å². The molecule has 3 N–H and O–H groups in total. The average molecular weight is 436 g/mol. The number of hydrogen-bond donors (Lipinski definition) is 2. The quantitative estimate of drug-likeness (QED) is 0.726. The molecule has 0 bridgehead atoms. The van der Waals surface area contributed by atoms with Crippen LogP contribution in [0, 0.1) is 5.82 Å². The third-order valence-corrected chi connectivity index (χ3v) is 6.72. The van der Waals surface area contributed by atoms with Crippen molar-refractivity contribution >= 4 is 16.1 Å². The van der Waals surface area contributed by atoms with Crippen LogP contribution in [-0.4, -0.2) is 45.4 Å². The number of rotatable bonds is 6. The summed E-state index contributed by atoms with van der Waals surface area (Å²) in [5, 5.41) is 8.26. The van der Waals surface area contributed by atoms with Crippen molar-refractivity contribution in [3.05, 3.63) is 65.5 Å². The monoisotopic (exact) mass is 435 g/mol. The van der Waals surface area contributed by atoms with Crippen molar-refractivity contribution < 1.29 is 22.3 Å². The van der Waals surface area contributed by atoms with Crippen molar-refractivity contribution in [1.29, 1.82) is 0 Å². The average Bonchev–Trinajstić information content (AvgIpc) is 2.96. The van der Waals surface area contributed by atoms with E-state index in [1.165, 1.54) is 23.5 Å². The van der Waals surface area contributed by atoms with Crippen molar-refractivity contribution in [3.63, 3.8) is 0 Å². The predicted octanol–water partition coefficient (Wildman–Crippen LogP) is 2.19. The van der Waals surface area contributed by atoms with E-state index in [0.717, 1.165) is 5.56 Å². The highest BCUT2D eigenvalue weighted by Gasteiger charge is 2.37. The Morgan fingerprint density at radius 3 is 2.67 bits per heavy atom. The lowest BCUT2D eigenvalue weighted by Crippen LogP contribution is -2.43. The van der Waals surface area contributed by atoms with E-state index >= 15 is 0 Å². The summed E-state index contributed by atoms with van der Waals surface area (Å²) >= 11 is 0. The van der Waals surface area contributed by atoms with Crippen molar-refractivity contribution in [1.82, 2.24) is 9.62 Å². The Morgan fingerprint density at radius 2 is 1.97 bits per heavy atom. The summed E-state index contributed by atoms with van der Waals surface area (Å²) < 4.78 is 44.1. The fourth-order valence-electron chi connectivity index (χ4n) is 3.99. The summed E-state index contributed by atoms with van der Waals surface area (Å²) in [5.74, 6) is -0.234. The zero-order valence-corrected chi connectivity index (χ0v) is 17.6. The van der Waals surface area contributed by atoms with Crippen LogP contribution in [0.2, 0.25) is 0 Å². The highest BCUT2D eigenvalue weighted by Crippen LogP contribution is 2.36. The number of benzene rings is 2. The number of carbonyl (C=O) groups is 1. The first-order valence-electron chi connectivity index (χ1n) is 9.70. The smallest absolute Gasteiger partial charge is 0.276 e. The second kappa shape index (κ2) is 9.11. The molecule has 9 heteroatoms. The Balaban J connectivity index is 1.88. The summed E-state index contributed by atoms with van der Waals surface area (Å²) in [4.78, 5) is 12.8. The van der Waals surface area contributed by atoms with E-state index in [1.807, 2.05) is 6.07 Å². The molecule has 2 aromatic rings. The third-order valence-electron chi connectivity index (χ3n) is 5.64. The Hall–Kier alpha value is -2.49. The van der Waals surface area contributed by atoms with Crippen molar-refractivity contribution in [3.8, 4) is 5.75 Å². The van der Waals surface area contributed by atoms with Gasteiger partial charge in [-0.1, -0.05) is 24.3 Å². The molecule has 0 radical (unpaired) electrons. The maximum Gasteiger partial charge on any atom is 0.276 e. The van der Waals surface area contributed by atoms with Crippen LogP contribution >= 0.6 is 0 Å². The number of ether oxygens (including phenoxy) is 1. The maximum atomic E-state index is 14.0. The number of methoxy groups -OCH3 is 1. The molecular weight excluding hydrogens is 409 g/mol. The second-order valence-corrected chi connectivity index (χ2v) is 9.02. The van der Waals surface area contributed by atoms with Crippen LogP contribution in [-0.2, 0) is 15.6 Å². The van der Waals surface area contributed by atoms with E-state index in [0.29, 0.717) is 30.6 Å². The summed E-state index contributed by atoms with van der Waals surface area (Å²) in [6.07, 6.45) is 1.52. The van der Waals surface area contributed by atoms with Gasteiger partial charge >= 0.3 is 0 Å². The van der Waals surface area contributed by atoms with Crippen LogP contribution in [0.4, 0.5) is 4.39 Å². The first-order chi connectivity index (χ1) is 14.2. The number of hydrogen-bond acceptors (Lipinski definition) is 4. The van der Waals surface area contributed by atoms with E-state index in [2.05, 4.69) is 5.32 Å². The van der Waals surface area contributed by atoms with Crippen LogP contribution in [0.3, 0.4) is 0 Å².